The third-order valence-corrected chi connectivity index (χ3v) is 13.9. The first kappa shape index (κ1) is 115. The number of benzene rings is 4. The number of aliphatic carboxylic acids is 1. The van der Waals surface area contributed by atoms with E-state index in [1.54, 1.807) is 63.9 Å². The van der Waals surface area contributed by atoms with E-state index >= 15 is 0 Å². The number of terminal acetylenes is 2. The van der Waals surface area contributed by atoms with Gasteiger partial charge in [-0.1, -0.05) is 203 Å². The summed E-state index contributed by atoms with van der Waals surface area (Å²) in [6, 6.07) is 33.6. The van der Waals surface area contributed by atoms with E-state index in [1.165, 1.54) is 7.11 Å². The summed E-state index contributed by atoms with van der Waals surface area (Å²) in [6.45, 7) is 24.4. The number of esters is 7. The van der Waals surface area contributed by atoms with E-state index < -0.39 is 22.0 Å². The van der Waals surface area contributed by atoms with Crippen molar-refractivity contribution in [3.8, 4) is 30.4 Å². The fraction of sp³-hybridized carbons (Fsp3) is 0.472. The lowest BCUT2D eigenvalue weighted by Crippen LogP contribution is -2.31. The first-order chi connectivity index (χ1) is 48.8. The average Bonchev–Trinajstić information content (AvgIpc) is 0.850. The summed E-state index contributed by atoms with van der Waals surface area (Å²) in [6.07, 6.45) is 10.7. The van der Waals surface area contributed by atoms with Gasteiger partial charge in [-0.2, -0.15) is 0 Å². The number of halogens is 12. The summed E-state index contributed by atoms with van der Waals surface area (Å²) in [5, 5.41) is 12.4. The van der Waals surface area contributed by atoms with E-state index in [4.69, 9.17) is 93.2 Å². The van der Waals surface area contributed by atoms with Crippen LogP contribution < -0.4 is 10.1 Å². The molecule has 588 valence electrons. The Morgan fingerprint density at radius 3 is 1.27 bits per heavy atom. The molecule has 0 spiro atoms. The van der Waals surface area contributed by atoms with Crippen LogP contribution in [0.15, 0.2) is 109 Å². The molecule has 2 N–H and O–H groups in total. The maximum atomic E-state index is 11.6. The lowest BCUT2D eigenvalue weighted by atomic mass is 10.1. The van der Waals surface area contributed by atoms with Gasteiger partial charge in [0.25, 0.3) is 0 Å². The monoisotopic (exact) mass is 2010 g/mol. The summed E-state index contributed by atoms with van der Waals surface area (Å²) in [5.41, 5.74) is 3.88. The van der Waals surface area contributed by atoms with Crippen molar-refractivity contribution < 1.29 is 86.2 Å². The predicted octanol–water partition coefficient (Wildman–Crippen LogP) is 17.6. The number of hydrogen-bond donors (Lipinski definition) is 2. The zero-order valence-electron chi connectivity index (χ0n) is 60.9. The Morgan fingerprint density at radius 1 is 0.567 bits per heavy atom. The molecular formula is C72H98Br7Cl5N2O18. The maximum Gasteiger partial charge on any atom is 0.338 e. The Balaban J connectivity index is -0.000000163. The van der Waals surface area contributed by atoms with E-state index in [1.807, 2.05) is 140 Å². The van der Waals surface area contributed by atoms with Crippen LogP contribution in [0.25, 0.3) is 0 Å². The minimum absolute atomic E-state index is 0.0000463. The van der Waals surface area contributed by atoms with Crippen molar-refractivity contribution in [3.05, 3.63) is 137 Å². The highest BCUT2D eigenvalue weighted by Gasteiger charge is 2.18. The molecule has 0 aliphatic heterocycles. The van der Waals surface area contributed by atoms with Crippen LogP contribution in [0, 0.1) is 24.7 Å². The molecule has 104 heavy (non-hydrogen) atoms. The number of methoxy groups -OCH3 is 1. The maximum absolute atomic E-state index is 11.6. The number of ether oxygens (including phenoxy) is 7. The highest BCUT2D eigenvalue weighted by molar-refractivity contribution is 9.10. The van der Waals surface area contributed by atoms with Gasteiger partial charge in [-0.05, 0) is 136 Å². The van der Waals surface area contributed by atoms with Crippen molar-refractivity contribution >= 4 is 229 Å². The van der Waals surface area contributed by atoms with E-state index in [-0.39, 0.29) is 98.7 Å². The molecule has 0 aliphatic carbocycles. The number of hydrogen-bond acceptors (Lipinski definition) is 17. The highest BCUT2D eigenvalue weighted by atomic mass is 79.9. The third-order valence-electron chi connectivity index (χ3n) is 9.42. The number of nitrogens with zero attached hydrogens (tertiary/aromatic N) is 1. The number of carbonyl (C=O) groups excluding carboxylic acids is 9. The quantitative estimate of drug-likeness (QED) is 0.0274. The molecule has 1 atom stereocenters. The normalized spacial score (nSPS) is 9.55. The summed E-state index contributed by atoms with van der Waals surface area (Å²) in [5.74, 6) is 3.50. The number of para-hydroxylation sites is 1. The molecular weight excluding hydrogens is 1920 g/mol. The lowest BCUT2D eigenvalue weighted by molar-refractivity contribution is -0.151. The van der Waals surface area contributed by atoms with E-state index in [2.05, 4.69) is 145 Å². The molecule has 0 saturated carbocycles. The van der Waals surface area contributed by atoms with Crippen LogP contribution in [-0.2, 0) is 89.4 Å². The first-order valence-corrected chi connectivity index (χ1v) is 41.0. The van der Waals surface area contributed by atoms with Gasteiger partial charge in [0.1, 0.15) is 72.7 Å². The molecule has 20 nitrogen and oxygen atoms in total. The summed E-state index contributed by atoms with van der Waals surface area (Å²) >= 11 is 47.1. The molecule has 4 rings (SSSR count). The van der Waals surface area contributed by atoms with E-state index in [9.17, 15) is 47.9 Å². The molecule has 1 unspecified atom stereocenters. The minimum Gasteiger partial charge on any atom is -0.480 e. The van der Waals surface area contributed by atoms with Crippen LogP contribution in [0.3, 0.4) is 0 Å². The van der Waals surface area contributed by atoms with Gasteiger partial charge in [-0.3, -0.25) is 43.2 Å². The topological polar surface area (TPSA) is 271 Å². The third kappa shape index (κ3) is 88.1. The van der Waals surface area contributed by atoms with Gasteiger partial charge in [0.15, 0.2) is 0 Å². The van der Waals surface area contributed by atoms with Crippen LogP contribution in [-0.4, -0.2) is 176 Å². The van der Waals surface area contributed by atoms with Gasteiger partial charge >= 0.3 is 47.8 Å². The second-order valence-corrected chi connectivity index (χ2v) is 26.8. The number of carbonyl (C=O) groups is 10. The minimum atomic E-state index is -0.824. The van der Waals surface area contributed by atoms with Crippen molar-refractivity contribution in [1.29, 1.82) is 0 Å². The van der Waals surface area contributed by atoms with Gasteiger partial charge in [0.05, 0.1) is 31.3 Å². The fourth-order valence-corrected chi connectivity index (χ4v) is 6.59. The second kappa shape index (κ2) is 79.5. The smallest absolute Gasteiger partial charge is 0.338 e. The molecule has 0 bridgehead atoms. The molecule has 0 heterocycles. The van der Waals surface area contributed by atoms with Crippen LogP contribution in [0.4, 0.5) is 0 Å². The van der Waals surface area contributed by atoms with Crippen LogP contribution in [0.1, 0.15) is 122 Å². The first-order valence-electron chi connectivity index (χ1n) is 30.7. The number of nitrogens with one attached hydrogen (secondary N) is 1. The van der Waals surface area contributed by atoms with E-state index in [0.29, 0.717) is 41.6 Å². The van der Waals surface area contributed by atoms with Gasteiger partial charge in [0, 0.05) is 36.9 Å². The number of carboxylic acids is 1. The zero-order valence-corrected chi connectivity index (χ0v) is 75.8. The van der Waals surface area contributed by atoms with Crippen LogP contribution >= 0.6 is 170 Å². The fourth-order valence-electron chi connectivity index (χ4n) is 4.88. The van der Waals surface area contributed by atoms with Crippen molar-refractivity contribution in [2.75, 3.05) is 84.0 Å². The van der Waals surface area contributed by atoms with Crippen LogP contribution in [0.2, 0.25) is 0 Å². The average molecular weight is 2020 g/mol. The SMILES string of the molecule is C#CCCl.C#Cc1ccc(CCl)cc1.CC(Br)C(=O)O.CC(C)(C)OC(=O)CCl.CC(C)(C)OC(=O)c1ccc(CBr)cc1.CC(C)OC(=O)CBr.CCCOC(=O)CBr.CCN(CC)C(=O)CCl.CNC(=O)CCl.COC(=O)CBr.O=C(CBr)OCc1ccccc1.O=C(CBr)Oc1ccccc1. The second-order valence-electron chi connectivity index (χ2n) is 20.8. The van der Waals surface area contributed by atoms with E-state index in [0.717, 1.165) is 47.1 Å². The standard InChI is InChI=1S/C12H15BrO2.C9H9BrO2.C9H7Cl.C8H7BrO2.C6H12ClNO.C6H11ClO2.2C5H9BrO2.2C3H5BrO2.C3H6ClNO.C3H3Cl/c1-12(2,3)15-11(14)10-6-4-9(8-13)5-7-10;10-6-9(11)12-7-8-4-2-1-3-5-8;1-2-8-3-5-9(7-10)6-4-8;9-6-8(10)11-7-4-2-1-3-5-7;1-3-8(4-2)6(9)5-7;1-6(2,3)9-5(8)4-7;1-4(2)8-5(7)3-6;1-2-3-8-5(7)4-6;1-6-3(5)2-4;1-2(4)3(5)6;1-5-3(6)2-4;1-2-3-4/h4-7H,8H2,1-3H3;1-5H,6-7H2;1,3-6H,7H2;1-5H,6H2;3-5H2,1-2H3;4H2,1-3H3;4H,3H2,1-2H3;2-4H2,1H3;2H2,1H3;2H,1H3,(H,5,6);2H2,1H3,(H,5,6);1H,3H2. The molecule has 32 heteroatoms. The molecule has 4 aromatic rings. The number of rotatable bonds is 20. The Labute approximate surface area is 699 Å². The predicted molar refractivity (Wildman–Crippen MR) is 446 cm³/mol. The molecule has 2 amide bonds. The van der Waals surface area contributed by atoms with Gasteiger partial charge < -0.3 is 48.5 Å². The Morgan fingerprint density at radius 2 is 1.00 bits per heavy atom. The molecule has 0 saturated heterocycles. The summed E-state index contributed by atoms with van der Waals surface area (Å²) in [7, 11) is 2.90. The van der Waals surface area contributed by atoms with Gasteiger partial charge in [-0.15, -0.1) is 70.9 Å². The molecule has 4 aromatic carbocycles. The Bertz CT molecular complexity index is 2920. The highest BCUT2D eigenvalue weighted by Crippen LogP contribution is 2.15. The van der Waals surface area contributed by atoms with Crippen molar-refractivity contribution in [1.82, 2.24) is 10.2 Å². The Kier molecular flexibility index (Phi) is 88.2. The van der Waals surface area contributed by atoms with Gasteiger partial charge in [0.2, 0.25) is 11.8 Å². The largest absolute Gasteiger partial charge is 0.480 e. The molecule has 0 aliphatic rings. The number of carboxylic acid groups (broad SMARTS) is 1. The van der Waals surface area contributed by atoms with Crippen LogP contribution in [0.5, 0.6) is 5.75 Å². The number of amides is 2. The zero-order chi connectivity index (χ0) is 82.1. The summed E-state index contributed by atoms with van der Waals surface area (Å²) in [4.78, 5) is 106. The summed E-state index contributed by atoms with van der Waals surface area (Å²) < 4.78 is 33.4. The molecule has 0 aromatic heterocycles. The molecule has 0 radical (unpaired) electrons. The Hall–Kier alpha value is -4.49. The van der Waals surface area contributed by atoms with Crippen molar-refractivity contribution in [2.24, 2.45) is 0 Å². The van der Waals surface area contributed by atoms with Crippen molar-refractivity contribution in [3.63, 3.8) is 0 Å². The van der Waals surface area contributed by atoms with Crippen molar-refractivity contribution in [2.45, 2.75) is 129 Å². The molecule has 0 fully saturated rings. The number of alkyl halides is 12. The lowest BCUT2D eigenvalue weighted by Gasteiger charge is -2.19. The van der Waals surface area contributed by atoms with Gasteiger partial charge in [-0.25, -0.2) is 4.79 Å².